The summed E-state index contributed by atoms with van der Waals surface area (Å²) in [4.78, 5) is 4.48. The van der Waals surface area contributed by atoms with Crippen LogP contribution >= 0.6 is 0 Å². The van der Waals surface area contributed by atoms with Gasteiger partial charge >= 0.3 is 6.18 Å². The Labute approximate surface area is 137 Å². The summed E-state index contributed by atoms with van der Waals surface area (Å²) in [6.07, 6.45) is -0.213. The van der Waals surface area contributed by atoms with Crippen molar-refractivity contribution in [3.63, 3.8) is 0 Å². The van der Waals surface area contributed by atoms with Crippen LogP contribution in [0.2, 0.25) is 0 Å². The van der Waals surface area contributed by atoms with Crippen molar-refractivity contribution in [2.24, 2.45) is 11.3 Å². The molecule has 4 rings (SSSR count). The van der Waals surface area contributed by atoms with E-state index in [2.05, 4.69) is 10.3 Å². The Hall–Kier alpha value is -1.60. The van der Waals surface area contributed by atoms with E-state index in [9.17, 15) is 13.2 Å². The molecule has 130 valence electrons. The van der Waals surface area contributed by atoms with Gasteiger partial charge in [0.1, 0.15) is 5.65 Å². The van der Waals surface area contributed by atoms with Gasteiger partial charge in [-0.25, -0.2) is 4.98 Å². The summed E-state index contributed by atoms with van der Waals surface area (Å²) in [7, 11) is 0. The second kappa shape index (κ2) is 5.46. The van der Waals surface area contributed by atoms with Gasteiger partial charge in [-0.3, -0.25) is 0 Å². The zero-order valence-corrected chi connectivity index (χ0v) is 13.2. The molecule has 3 heterocycles. The Morgan fingerprint density at radius 1 is 1.29 bits per heavy atom. The summed E-state index contributed by atoms with van der Waals surface area (Å²) in [5.74, 6) is 0.570. The van der Waals surface area contributed by atoms with E-state index >= 15 is 0 Å². The van der Waals surface area contributed by atoms with Gasteiger partial charge in [-0.15, -0.1) is 0 Å². The van der Waals surface area contributed by atoms with Gasteiger partial charge in [0.2, 0.25) is 0 Å². The van der Waals surface area contributed by atoms with Gasteiger partial charge in [0.25, 0.3) is 0 Å². The maximum Gasteiger partial charge on any atom is 0.418 e. The van der Waals surface area contributed by atoms with Gasteiger partial charge in [-0.2, -0.15) is 13.2 Å². The number of halogens is 3. The number of pyridine rings is 1. The van der Waals surface area contributed by atoms with Crippen LogP contribution in [0.5, 0.6) is 0 Å². The van der Waals surface area contributed by atoms with Crippen molar-refractivity contribution in [3.05, 3.63) is 29.6 Å². The van der Waals surface area contributed by atoms with E-state index < -0.39 is 11.7 Å². The lowest BCUT2D eigenvalue weighted by atomic mass is 9.57. The molecule has 1 saturated heterocycles. The molecule has 0 aromatic carbocycles. The van der Waals surface area contributed by atoms with Crippen LogP contribution in [0.25, 0.3) is 11.0 Å². The molecular weight excluding hydrogens is 319 g/mol. The lowest BCUT2D eigenvalue weighted by molar-refractivity contribution is -0.136. The monoisotopic (exact) mass is 339 g/mol. The van der Waals surface area contributed by atoms with Crippen molar-refractivity contribution in [2.45, 2.75) is 32.0 Å². The van der Waals surface area contributed by atoms with E-state index in [1.807, 2.05) is 0 Å². The summed E-state index contributed by atoms with van der Waals surface area (Å²) in [5.41, 5.74) is 0.942. The maximum absolute atomic E-state index is 13.2. The standard InChI is InChI=1S/C17H20F3N3O/c18-17(19,20)14-8-23(3-4-24)15-13(14)2-1-12(22-15)5-11-6-16(7-11)9-21-10-16/h1-2,8,11,21,24H,3-7,9-10H2. The molecule has 0 unspecified atom stereocenters. The van der Waals surface area contributed by atoms with Crippen LogP contribution < -0.4 is 5.32 Å². The zero-order valence-electron chi connectivity index (χ0n) is 13.2. The number of hydrogen-bond acceptors (Lipinski definition) is 3. The molecule has 2 aliphatic rings. The van der Waals surface area contributed by atoms with Crippen molar-refractivity contribution in [2.75, 3.05) is 19.7 Å². The van der Waals surface area contributed by atoms with Crippen LogP contribution in [-0.2, 0) is 19.1 Å². The Morgan fingerprint density at radius 2 is 2.04 bits per heavy atom. The number of rotatable bonds is 4. The van der Waals surface area contributed by atoms with Crippen LogP contribution in [-0.4, -0.2) is 34.4 Å². The van der Waals surface area contributed by atoms with Crippen LogP contribution in [0.4, 0.5) is 13.2 Å². The average molecular weight is 339 g/mol. The lowest BCUT2D eigenvalue weighted by Crippen LogP contribution is -2.60. The third-order valence-electron chi connectivity index (χ3n) is 5.37. The topological polar surface area (TPSA) is 50.1 Å². The molecule has 4 nitrogen and oxygen atoms in total. The Bertz CT molecular complexity index is 756. The first-order valence-corrected chi connectivity index (χ1v) is 8.28. The van der Waals surface area contributed by atoms with Crippen molar-refractivity contribution in [3.8, 4) is 0 Å². The van der Waals surface area contributed by atoms with Crippen molar-refractivity contribution >= 4 is 11.0 Å². The SMILES string of the molecule is OCCn1cc(C(F)(F)F)c2ccc(CC3CC4(CNC4)C3)nc21. The minimum atomic E-state index is -4.42. The molecule has 2 aromatic rings. The Kier molecular flexibility index (Phi) is 3.61. The molecule has 1 aliphatic carbocycles. The van der Waals surface area contributed by atoms with Crippen LogP contribution in [0.1, 0.15) is 24.1 Å². The Morgan fingerprint density at radius 3 is 2.62 bits per heavy atom. The number of aliphatic hydroxyl groups is 1. The quantitative estimate of drug-likeness (QED) is 0.900. The predicted molar refractivity (Wildman–Crippen MR) is 83.6 cm³/mol. The number of alkyl halides is 3. The summed E-state index contributed by atoms with van der Waals surface area (Å²) < 4.78 is 40.9. The highest BCUT2D eigenvalue weighted by atomic mass is 19.4. The van der Waals surface area contributed by atoms with Crippen molar-refractivity contribution in [1.29, 1.82) is 0 Å². The molecule has 0 atom stereocenters. The van der Waals surface area contributed by atoms with Gasteiger partial charge in [-0.1, -0.05) is 0 Å². The first-order chi connectivity index (χ1) is 11.4. The van der Waals surface area contributed by atoms with Crippen molar-refractivity contribution in [1.82, 2.24) is 14.9 Å². The third-order valence-corrected chi connectivity index (χ3v) is 5.37. The molecule has 2 N–H and O–H groups in total. The smallest absolute Gasteiger partial charge is 0.395 e. The molecule has 1 spiro atoms. The summed E-state index contributed by atoms with van der Waals surface area (Å²) >= 11 is 0. The largest absolute Gasteiger partial charge is 0.418 e. The number of nitrogens with one attached hydrogen (secondary N) is 1. The highest BCUT2D eigenvalue weighted by molar-refractivity contribution is 5.81. The highest BCUT2D eigenvalue weighted by Crippen LogP contribution is 2.49. The predicted octanol–water partition coefficient (Wildman–Crippen LogP) is 2.59. The summed E-state index contributed by atoms with van der Waals surface area (Å²) in [6, 6.07) is 3.23. The third kappa shape index (κ3) is 2.59. The molecule has 1 saturated carbocycles. The minimum Gasteiger partial charge on any atom is -0.395 e. The summed E-state index contributed by atoms with van der Waals surface area (Å²) in [6.45, 7) is 2.07. The first kappa shape index (κ1) is 15.9. The van der Waals surface area contributed by atoms with Crippen LogP contribution in [0.3, 0.4) is 0 Å². The highest BCUT2D eigenvalue weighted by Gasteiger charge is 2.48. The average Bonchev–Trinajstić information content (AvgIpc) is 2.79. The Balaban J connectivity index is 1.60. The second-order valence-electron chi connectivity index (χ2n) is 7.21. The fourth-order valence-corrected chi connectivity index (χ4v) is 4.19. The number of hydrogen-bond donors (Lipinski definition) is 2. The molecule has 7 heteroatoms. The number of fused-ring (bicyclic) bond motifs is 1. The molecule has 24 heavy (non-hydrogen) atoms. The van der Waals surface area contributed by atoms with E-state index in [-0.39, 0.29) is 18.5 Å². The first-order valence-electron chi connectivity index (χ1n) is 8.28. The van der Waals surface area contributed by atoms with Crippen LogP contribution in [0.15, 0.2) is 18.3 Å². The number of aromatic nitrogens is 2. The zero-order chi connectivity index (χ0) is 16.9. The number of aliphatic hydroxyl groups excluding tert-OH is 1. The molecule has 2 aromatic heterocycles. The second-order valence-corrected chi connectivity index (χ2v) is 7.21. The normalized spacial score (nSPS) is 20.3. The molecule has 0 bridgehead atoms. The van der Waals surface area contributed by atoms with Crippen LogP contribution in [0, 0.1) is 11.3 Å². The fourth-order valence-electron chi connectivity index (χ4n) is 4.19. The minimum absolute atomic E-state index is 0.105. The number of nitrogens with zero attached hydrogens (tertiary/aromatic N) is 2. The van der Waals surface area contributed by atoms with Gasteiger partial charge < -0.3 is 15.0 Å². The summed E-state index contributed by atoms with van der Waals surface area (Å²) in [5, 5.41) is 12.5. The van der Waals surface area contributed by atoms with Gasteiger partial charge in [-0.05, 0) is 42.7 Å². The lowest BCUT2D eigenvalue weighted by Gasteiger charge is -2.54. The maximum atomic E-state index is 13.2. The molecule has 2 fully saturated rings. The molecular formula is C17H20F3N3O. The molecule has 1 aliphatic heterocycles. The molecule has 0 amide bonds. The van der Waals surface area contributed by atoms with E-state index in [0.29, 0.717) is 17.0 Å². The van der Waals surface area contributed by atoms with E-state index in [0.717, 1.165) is 31.4 Å². The van der Waals surface area contributed by atoms with Gasteiger partial charge in [0, 0.05) is 36.9 Å². The fraction of sp³-hybridized carbons (Fsp3) is 0.588. The van der Waals surface area contributed by atoms with E-state index in [4.69, 9.17) is 5.11 Å². The van der Waals surface area contributed by atoms with Gasteiger partial charge in [0.05, 0.1) is 12.2 Å². The molecule has 0 radical (unpaired) electrons. The van der Waals surface area contributed by atoms with Gasteiger partial charge in [0.15, 0.2) is 0 Å². The van der Waals surface area contributed by atoms with E-state index in [1.54, 1.807) is 6.07 Å². The van der Waals surface area contributed by atoms with Crippen molar-refractivity contribution < 1.29 is 18.3 Å². The van der Waals surface area contributed by atoms with E-state index in [1.165, 1.54) is 23.5 Å².